The fourth-order valence-electron chi connectivity index (χ4n) is 0.957. The molecular weight excluding hydrogens is 164 g/mol. The second kappa shape index (κ2) is 4.72. The molecule has 0 N–H and O–H groups in total. The summed E-state index contributed by atoms with van der Waals surface area (Å²) in [5.41, 5.74) is 0. The SMILES string of the molecule is CCOS(=O)(=O)C(CC)CC. The highest BCUT2D eigenvalue weighted by Crippen LogP contribution is 2.11. The van der Waals surface area contributed by atoms with Crippen LogP contribution in [0.1, 0.15) is 33.6 Å². The van der Waals surface area contributed by atoms with E-state index < -0.39 is 10.1 Å². The predicted molar refractivity (Wildman–Crippen MR) is 44.9 cm³/mol. The second-order valence-corrected chi connectivity index (χ2v) is 4.23. The Morgan fingerprint density at radius 3 is 1.91 bits per heavy atom. The van der Waals surface area contributed by atoms with Crippen molar-refractivity contribution in [1.29, 1.82) is 0 Å². The fraction of sp³-hybridized carbons (Fsp3) is 1.00. The van der Waals surface area contributed by atoms with Crippen LogP contribution in [0.25, 0.3) is 0 Å². The first kappa shape index (κ1) is 10.9. The lowest BCUT2D eigenvalue weighted by Crippen LogP contribution is -2.21. The highest BCUT2D eigenvalue weighted by Gasteiger charge is 2.21. The van der Waals surface area contributed by atoms with Gasteiger partial charge in [0.1, 0.15) is 0 Å². The van der Waals surface area contributed by atoms with Gasteiger partial charge in [-0.1, -0.05) is 13.8 Å². The van der Waals surface area contributed by atoms with Gasteiger partial charge in [0, 0.05) is 0 Å². The van der Waals surface area contributed by atoms with Crippen LogP contribution in [-0.2, 0) is 14.3 Å². The summed E-state index contributed by atoms with van der Waals surface area (Å²) in [6, 6.07) is 0. The van der Waals surface area contributed by atoms with Gasteiger partial charge < -0.3 is 0 Å². The number of hydrogen-bond donors (Lipinski definition) is 0. The van der Waals surface area contributed by atoms with Gasteiger partial charge in [0.25, 0.3) is 10.1 Å². The van der Waals surface area contributed by atoms with E-state index in [0.29, 0.717) is 12.8 Å². The molecule has 4 heteroatoms. The summed E-state index contributed by atoms with van der Waals surface area (Å²) in [5, 5.41) is -0.331. The molecular formula is C7H16O3S. The molecule has 0 saturated heterocycles. The first-order chi connectivity index (χ1) is 5.08. The Hall–Kier alpha value is -0.0900. The molecule has 0 atom stereocenters. The van der Waals surface area contributed by atoms with Crippen LogP contribution in [0.4, 0.5) is 0 Å². The van der Waals surface area contributed by atoms with Crippen LogP contribution in [0.5, 0.6) is 0 Å². The first-order valence-corrected chi connectivity index (χ1v) is 5.43. The molecule has 0 heterocycles. The normalized spacial score (nSPS) is 12.4. The highest BCUT2D eigenvalue weighted by molar-refractivity contribution is 7.87. The van der Waals surface area contributed by atoms with Gasteiger partial charge >= 0.3 is 0 Å². The molecule has 0 unspecified atom stereocenters. The Morgan fingerprint density at radius 2 is 1.64 bits per heavy atom. The quantitative estimate of drug-likeness (QED) is 0.603. The predicted octanol–water partition coefficient (Wildman–Crippen LogP) is 1.54. The second-order valence-electron chi connectivity index (χ2n) is 2.34. The van der Waals surface area contributed by atoms with Crippen molar-refractivity contribution in [1.82, 2.24) is 0 Å². The van der Waals surface area contributed by atoms with Crippen LogP contribution in [-0.4, -0.2) is 20.3 Å². The highest BCUT2D eigenvalue weighted by atomic mass is 32.2. The lowest BCUT2D eigenvalue weighted by atomic mass is 10.3. The van der Waals surface area contributed by atoms with E-state index in [4.69, 9.17) is 0 Å². The van der Waals surface area contributed by atoms with Crippen molar-refractivity contribution in [3.05, 3.63) is 0 Å². The van der Waals surface area contributed by atoms with Gasteiger partial charge in [0.05, 0.1) is 11.9 Å². The summed E-state index contributed by atoms with van der Waals surface area (Å²) in [6.07, 6.45) is 1.25. The van der Waals surface area contributed by atoms with Crippen molar-refractivity contribution in [3.8, 4) is 0 Å². The van der Waals surface area contributed by atoms with Crippen molar-refractivity contribution in [2.45, 2.75) is 38.9 Å². The van der Waals surface area contributed by atoms with Crippen LogP contribution in [0, 0.1) is 0 Å². The number of hydrogen-bond acceptors (Lipinski definition) is 3. The third-order valence-corrected chi connectivity index (χ3v) is 3.65. The van der Waals surface area contributed by atoms with Crippen molar-refractivity contribution < 1.29 is 12.6 Å². The van der Waals surface area contributed by atoms with E-state index in [1.54, 1.807) is 6.92 Å². The van der Waals surface area contributed by atoms with Gasteiger partial charge in [-0.2, -0.15) is 8.42 Å². The largest absolute Gasteiger partial charge is 0.270 e. The molecule has 0 bridgehead atoms. The minimum atomic E-state index is -3.27. The van der Waals surface area contributed by atoms with Gasteiger partial charge in [-0.05, 0) is 19.8 Å². The van der Waals surface area contributed by atoms with E-state index in [0.717, 1.165) is 0 Å². The summed E-state index contributed by atoms with van der Waals surface area (Å²) < 4.78 is 27.0. The topological polar surface area (TPSA) is 43.4 Å². The Labute approximate surface area is 68.9 Å². The Morgan fingerprint density at radius 1 is 1.18 bits per heavy atom. The van der Waals surface area contributed by atoms with Crippen LogP contribution < -0.4 is 0 Å². The lowest BCUT2D eigenvalue weighted by molar-refractivity contribution is 0.328. The van der Waals surface area contributed by atoms with E-state index in [9.17, 15) is 8.42 Å². The molecule has 11 heavy (non-hydrogen) atoms. The molecule has 0 saturated carbocycles. The van der Waals surface area contributed by atoms with E-state index in [2.05, 4.69) is 4.18 Å². The molecule has 0 amide bonds. The zero-order valence-corrected chi connectivity index (χ0v) is 8.15. The molecule has 0 aromatic rings. The van der Waals surface area contributed by atoms with E-state index in [-0.39, 0.29) is 11.9 Å². The maximum Gasteiger partial charge on any atom is 0.270 e. The monoisotopic (exact) mass is 180 g/mol. The molecule has 0 aliphatic carbocycles. The third kappa shape index (κ3) is 3.20. The molecule has 0 rings (SSSR count). The Bertz CT molecular complexity index is 180. The summed E-state index contributed by atoms with van der Waals surface area (Å²) in [5.74, 6) is 0. The minimum absolute atomic E-state index is 0.235. The lowest BCUT2D eigenvalue weighted by Gasteiger charge is -2.11. The maximum atomic E-state index is 11.2. The molecule has 0 spiro atoms. The van der Waals surface area contributed by atoms with Crippen molar-refractivity contribution in [3.63, 3.8) is 0 Å². The number of rotatable bonds is 5. The Balaban J connectivity index is 4.26. The van der Waals surface area contributed by atoms with E-state index in [1.165, 1.54) is 0 Å². The maximum absolute atomic E-state index is 11.2. The zero-order chi connectivity index (χ0) is 8.91. The van der Waals surface area contributed by atoms with Crippen molar-refractivity contribution >= 4 is 10.1 Å². The molecule has 0 fully saturated rings. The van der Waals surface area contributed by atoms with Gasteiger partial charge in [-0.3, -0.25) is 4.18 Å². The molecule has 0 aromatic heterocycles. The van der Waals surface area contributed by atoms with Crippen LogP contribution >= 0.6 is 0 Å². The van der Waals surface area contributed by atoms with E-state index in [1.807, 2.05) is 13.8 Å². The van der Waals surface area contributed by atoms with Crippen LogP contribution in [0.15, 0.2) is 0 Å². The van der Waals surface area contributed by atoms with Gasteiger partial charge in [-0.15, -0.1) is 0 Å². The van der Waals surface area contributed by atoms with Crippen molar-refractivity contribution in [2.24, 2.45) is 0 Å². The molecule has 3 nitrogen and oxygen atoms in total. The van der Waals surface area contributed by atoms with Crippen LogP contribution in [0.3, 0.4) is 0 Å². The third-order valence-electron chi connectivity index (χ3n) is 1.60. The molecule has 0 aliphatic heterocycles. The smallest absolute Gasteiger partial charge is 0.270 e. The summed E-state index contributed by atoms with van der Waals surface area (Å²) in [7, 11) is -3.27. The fourth-order valence-corrected chi connectivity index (χ4v) is 2.29. The average molecular weight is 180 g/mol. The first-order valence-electron chi connectivity index (χ1n) is 3.96. The molecule has 0 aliphatic rings. The molecule has 0 aromatic carbocycles. The van der Waals surface area contributed by atoms with Gasteiger partial charge in [0.2, 0.25) is 0 Å². The average Bonchev–Trinajstić information content (AvgIpc) is 1.89. The minimum Gasteiger partial charge on any atom is -0.270 e. The van der Waals surface area contributed by atoms with Gasteiger partial charge in [0.15, 0.2) is 0 Å². The summed E-state index contributed by atoms with van der Waals surface area (Å²) in [6.45, 7) is 5.62. The zero-order valence-electron chi connectivity index (χ0n) is 7.33. The Kier molecular flexibility index (Phi) is 4.68. The molecule has 0 radical (unpaired) electrons. The van der Waals surface area contributed by atoms with E-state index >= 15 is 0 Å². The standard InChI is InChI=1S/C7H16O3S/c1-4-7(5-2)11(8,9)10-6-3/h7H,4-6H2,1-3H3. The summed E-state index contributed by atoms with van der Waals surface area (Å²) >= 11 is 0. The van der Waals surface area contributed by atoms with Crippen molar-refractivity contribution in [2.75, 3.05) is 6.61 Å². The van der Waals surface area contributed by atoms with Crippen LogP contribution in [0.2, 0.25) is 0 Å². The summed E-state index contributed by atoms with van der Waals surface area (Å²) in [4.78, 5) is 0. The molecule has 68 valence electrons. The van der Waals surface area contributed by atoms with Gasteiger partial charge in [-0.25, -0.2) is 0 Å².